The molecule has 0 spiro atoms. The minimum Gasteiger partial charge on any atom is -0.341 e. The molecule has 0 unspecified atom stereocenters. The fraction of sp³-hybridized carbons (Fsp3) is 0.417. The van der Waals surface area contributed by atoms with Crippen LogP contribution in [0.25, 0.3) is 0 Å². The van der Waals surface area contributed by atoms with Crippen LogP contribution in [0, 0.1) is 13.0 Å². The molecule has 1 aliphatic carbocycles. The predicted octanol–water partition coefficient (Wildman–Crippen LogP) is 2.74. The average Bonchev–Trinajstić information content (AvgIpc) is 2.17. The Morgan fingerprint density at radius 2 is 2.00 bits per heavy atom. The first-order valence-corrected chi connectivity index (χ1v) is 4.72. The molecule has 1 aliphatic rings. The molecular weight excluding hydrogens is 328 g/mol. The SMILES string of the molecule is [CH2-]Cc1[c-]c2c(cc1)CCCC2.[W+2]. The number of rotatable bonds is 1. The molecule has 0 radical (unpaired) electrons. The van der Waals surface area contributed by atoms with E-state index in [2.05, 4.69) is 25.1 Å². The summed E-state index contributed by atoms with van der Waals surface area (Å²) in [6, 6.07) is 7.87. The third-order valence-corrected chi connectivity index (χ3v) is 2.58. The molecule has 0 N–H and O–H groups in total. The predicted molar refractivity (Wildman–Crippen MR) is 51.0 cm³/mol. The van der Waals surface area contributed by atoms with Gasteiger partial charge in [0, 0.05) is 0 Å². The summed E-state index contributed by atoms with van der Waals surface area (Å²) < 4.78 is 0. The summed E-state index contributed by atoms with van der Waals surface area (Å²) in [7, 11) is 0. The Morgan fingerprint density at radius 3 is 2.77 bits per heavy atom. The van der Waals surface area contributed by atoms with Gasteiger partial charge in [-0.2, -0.15) is 41.3 Å². The zero-order valence-electron chi connectivity index (χ0n) is 7.81. The van der Waals surface area contributed by atoms with Gasteiger partial charge in [-0.05, 0) is 0 Å². The van der Waals surface area contributed by atoms with E-state index in [-0.39, 0.29) is 21.1 Å². The maximum absolute atomic E-state index is 3.87. The molecule has 0 amide bonds. The van der Waals surface area contributed by atoms with Crippen molar-refractivity contribution in [2.75, 3.05) is 0 Å². The van der Waals surface area contributed by atoms with Crippen LogP contribution in [0.3, 0.4) is 0 Å². The van der Waals surface area contributed by atoms with E-state index in [1.807, 2.05) is 0 Å². The van der Waals surface area contributed by atoms with Gasteiger partial charge in [0.05, 0.1) is 0 Å². The molecule has 0 fully saturated rings. The standard InChI is InChI=1S/C12H14.W/c1-2-10-7-8-11-5-3-4-6-12(11)9-10;/h7-8H,1-6H2;/q-2;+2. The molecule has 1 aromatic rings. The summed E-state index contributed by atoms with van der Waals surface area (Å²) in [5.74, 6) is 0. The molecule has 0 aliphatic heterocycles. The van der Waals surface area contributed by atoms with E-state index in [1.54, 1.807) is 0 Å². The van der Waals surface area contributed by atoms with Crippen molar-refractivity contribution in [1.29, 1.82) is 0 Å². The molecule has 0 aromatic heterocycles. The van der Waals surface area contributed by atoms with Gasteiger partial charge in [-0.1, -0.05) is 25.7 Å². The number of benzene rings is 1. The second-order valence-electron chi connectivity index (χ2n) is 3.44. The second kappa shape index (κ2) is 4.96. The van der Waals surface area contributed by atoms with Gasteiger partial charge in [0.2, 0.25) is 0 Å². The van der Waals surface area contributed by atoms with Crippen LogP contribution >= 0.6 is 0 Å². The first-order valence-electron chi connectivity index (χ1n) is 4.72. The smallest absolute Gasteiger partial charge is 0.341 e. The van der Waals surface area contributed by atoms with Gasteiger partial charge in [-0.3, -0.25) is 0 Å². The Kier molecular flexibility index (Phi) is 4.19. The van der Waals surface area contributed by atoms with Crippen LogP contribution in [0.1, 0.15) is 29.5 Å². The van der Waals surface area contributed by atoms with Crippen molar-refractivity contribution in [3.05, 3.63) is 41.8 Å². The first-order chi connectivity index (χ1) is 5.90. The van der Waals surface area contributed by atoms with E-state index in [0.29, 0.717) is 0 Å². The molecule has 0 atom stereocenters. The number of hydrogen-bond donors (Lipinski definition) is 0. The topological polar surface area (TPSA) is 0 Å². The molecule has 2 rings (SSSR count). The van der Waals surface area contributed by atoms with Crippen molar-refractivity contribution >= 4 is 0 Å². The second-order valence-corrected chi connectivity index (χ2v) is 3.44. The van der Waals surface area contributed by atoms with Crippen LogP contribution in [-0.2, 0) is 40.3 Å². The molecule has 0 heterocycles. The zero-order chi connectivity index (χ0) is 8.39. The Morgan fingerprint density at radius 1 is 1.23 bits per heavy atom. The van der Waals surface area contributed by atoms with Crippen molar-refractivity contribution in [2.45, 2.75) is 32.1 Å². The van der Waals surface area contributed by atoms with Crippen molar-refractivity contribution in [3.8, 4) is 0 Å². The Labute approximate surface area is 95.0 Å². The summed E-state index contributed by atoms with van der Waals surface area (Å²) in [5.41, 5.74) is 4.22. The number of hydrogen-bond acceptors (Lipinski definition) is 0. The van der Waals surface area contributed by atoms with E-state index in [9.17, 15) is 0 Å². The van der Waals surface area contributed by atoms with E-state index in [0.717, 1.165) is 6.42 Å². The van der Waals surface area contributed by atoms with Crippen molar-refractivity contribution in [3.63, 3.8) is 0 Å². The van der Waals surface area contributed by atoms with Gasteiger partial charge in [-0.15, -0.1) is 0 Å². The van der Waals surface area contributed by atoms with Crippen LogP contribution in [0.15, 0.2) is 12.1 Å². The first kappa shape index (κ1) is 11.0. The molecule has 0 saturated heterocycles. The minimum atomic E-state index is 0. The van der Waals surface area contributed by atoms with Crippen LogP contribution in [-0.4, -0.2) is 0 Å². The van der Waals surface area contributed by atoms with E-state index >= 15 is 0 Å². The molecule has 1 aromatic carbocycles. The quantitative estimate of drug-likeness (QED) is 0.689. The van der Waals surface area contributed by atoms with Crippen molar-refractivity contribution < 1.29 is 21.1 Å². The summed E-state index contributed by atoms with van der Waals surface area (Å²) in [6.45, 7) is 3.87. The minimum absolute atomic E-state index is 0. The van der Waals surface area contributed by atoms with E-state index < -0.39 is 0 Å². The van der Waals surface area contributed by atoms with E-state index in [4.69, 9.17) is 0 Å². The number of fused-ring (bicyclic) bond motifs is 1. The van der Waals surface area contributed by atoms with Crippen LogP contribution in [0.2, 0.25) is 0 Å². The average molecular weight is 342 g/mol. The molecule has 1 heteroatoms. The summed E-state index contributed by atoms with van der Waals surface area (Å²) in [6.07, 6.45) is 6.04. The third kappa shape index (κ3) is 2.44. The van der Waals surface area contributed by atoms with Crippen LogP contribution in [0.5, 0.6) is 0 Å². The molecule has 68 valence electrons. The third-order valence-electron chi connectivity index (χ3n) is 2.58. The maximum Gasteiger partial charge on any atom is 2.00 e. The zero-order valence-corrected chi connectivity index (χ0v) is 10.7. The molecule has 13 heavy (non-hydrogen) atoms. The van der Waals surface area contributed by atoms with E-state index in [1.165, 1.54) is 42.4 Å². The largest absolute Gasteiger partial charge is 2.00 e. The van der Waals surface area contributed by atoms with Gasteiger partial charge in [-0.25, -0.2) is 0 Å². The normalized spacial score (nSPS) is 14.5. The molecule has 0 bridgehead atoms. The molecule has 0 saturated carbocycles. The summed E-state index contributed by atoms with van der Waals surface area (Å²) >= 11 is 0. The Balaban J connectivity index is 0.000000845. The molecule has 0 nitrogen and oxygen atoms in total. The molecular formula is C12H14W. The summed E-state index contributed by atoms with van der Waals surface area (Å²) in [5, 5.41) is 0. The van der Waals surface area contributed by atoms with Gasteiger partial charge >= 0.3 is 21.1 Å². The van der Waals surface area contributed by atoms with Crippen LogP contribution < -0.4 is 0 Å². The van der Waals surface area contributed by atoms with Gasteiger partial charge in [0.15, 0.2) is 0 Å². The van der Waals surface area contributed by atoms with Gasteiger partial charge in [0.25, 0.3) is 0 Å². The van der Waals surface area contributed by atoms with Crippen molar-refractivity contribution in [1.82, 2.24) is 0 Å². The fourth-order valence-electron chi connectivity index (χ4n) is 1.84. The Hall–Kier alpha value is -0.0917. The Bertz CT molecular complexity index is 278. The monoisotopic (exact) mass is 342 g/mol. The van der Waals surface area contributed by atoms with Gasteiger partial charge < -0.3 is 6.92 Å². The fourth-order valence-corrected chi connectivity index (χ4v) is 1.84. The van der Waals surface area contributed by atoms with Crippen molar-refractivity contribution in [2.24, 2.45) is 0 Å². The van der Waals surface area contributed by atoms with Gasteiger partial charge in [0.1, 0.15) is 0 Å². The maximum atomic E-state index is 3.87. The number of aryl methyl sites for hydroxylation is 2. The summed E-state index contributed by atoms with van der Waals surface area (Å²) in [4.78, 5) is 0. The van der Waals surface area contributed by atoms with Crippen LogP contribution in [0.4, 0.5) is 0 Å².